The molecule has 1 N–H and O–H groups in total. The average Bonchev–Trinajstić information content (AvgIpc) is 2.30. The van der Waals surface area contributed by atoms with Gasteiger partial charge in [0.2, 0.25) is 0 Å². The van der Waals surface area contributed by atoms with E-state index in [0.29, 0.717) is 5.56 Å². The molecule has 0 aromatic heterocycles. The van der Waals surface area contributed by atoms with E-state index in [9.17, 15) is 9.90 Å². The molecule has 0 fully saturated rings. The lowest BCUT2D eigenvalue weighted by atomic mass is 9.92. The summed E-state index contributed by atoms with van der Waals surface area (Å²) < 4.78 is 4.71. The first-order valence-electron chi connectivity index (χ1n) is 4.97. The summed E-state index contributed by atoms with van der Waals surface area (Å²) in [5.74, 6) is -0.588. The van der Waals surface area contributed by atoms with Gasteiger partial charge in [-0.25, -0.2) is 0 Å². The van der Waals surface area contributed by atoms with E-state index in [1.807, 2.05) is 0 Å². The van der Waals surface area contributed by atoms with Crippen LogP contribution in [0.3, 0.4) is 0 Å². The Morgan fingerprint density at radius 2 is 2.12 bits per heavy atom. The average molecular weight is 219 g/mol. The van der Waals surface area contributed by atoms with Crippen molar-refractivity contribution >= 4 is 5.97 Å². The molecule has 0 aliphatic carbocycles. The Bertz CT molecular complexity index is 396. The van der Waals surface area contributed by atoms with Gasteiger partial charge < -0.3 is 9.84 Å². The van der Waals surface area contributed by atoms with Crippen molar-refractivity contribution in [2.75, 3.05) is 6.61 Å². The van der Waals surface area contributed by atoms with E-state index in [2.05, 4.69) is 0 Å². The Labute approximate surface area is 94.1 Å². The third kappa shape index (κ3) is 2.81. The third-order valence-electron chi connectivity index (χ3n) is 2.14. The molecule has 16 heavy (non-hydrogen) atoms. The number of rotatable bonds is 4. The number of carbonyl (C=O) groups is 1. The van der Waals surface area contributed by atoms with Crippen LogP contribution >= 0.6 is 0 Å². The van der Waals surface area contributed by atoms with Gasteiger partial charge in [-0.1, -0.05) is 30.3 Å². The molecule has 0 amide bonds. The zero-order valence-corrected chi connectivity index (χ0v) is 9.01. The molecule has 0 heterocycles. The van der Waals surface area contributed by atoms with Gasteiger partial charge in [0.1, 0.15) is 6.07 Å². The molecule has 4 nitrogen and oxygen atoms in total. The number of hydrogen-bond donors (Lipinski definition) is 1. The van der Waals surface area contributed by atoms with Crippen molar-refractivity contribution < 1.29 is 14.6 Å². The van der Waals surface area contributed by atoms with Gasteiger partial charge in [-0.15, -0.1) is 0 Å². The largest absolute Gasteiger partial charge is 0.466 e. The SMILES string of the molecule is CCOC(=O)CC(O)(C#N)c1ccccc1. The van der Waals surface area contributed by atoms with Gasteiger partial charge in [-0.3, -0.25) is 4.79 Å². The number of esters is 1. The van der Waals surface area contributed by atoms with Crippen LogP contribution in [0.1, 0.15) is 18.9 Å². The van der Waals surface area contributed by atoms with Crippen LogP contribution in [0.4, 0.5) is 0 Å². The van der Waals surface area contributed by atoms with Crippen LogP contribution < -0.4 is 0 Å². The van der Waals surface area contributed by atoms with Crippen LogP contribution in [0.2, 0.25) is 0 Å². The Morgan fingerprint density at radius 3 is 2.62 bits per heavy atom. The minimum absolute atomic E-state index is 0.231. The first kappa shape index (κ1) is 12.2. The molecule has 0 spiro atoms. The molecule has 0 radical (unpaired) electrons. The quantitative estimate of drug-likeness (QED) is 0.613. The van der Waals surface area contributed by atoms with Crippen molar-refractivity contribution in [2.45, 2.75) is 18.9 Å². The fraction of sp³-hybridized carbons (Fsp3) is 0.333. The third-order valence-corrected chi connectivity index (χ3v) is 2.14. The molecule has 1 atom stereocenters. The minimum atomic E-state index is -1.81. The highest BCUT2D eigenvalue weighted by atomic mass is 16.5. The lowest BCUT2D eigenvalue weighted by Gasteiger charge is -2.19. The fourth-order valence-electron chi connectivity index (χ4n) is 1.34. The monoisotopic (exact) mass is 219 g/mol. The maximum Gasteiger partial charge on any atom is 0.310 e. The van der Waals surface area contributed by atoms with E-state index in [1.165, 1.54) is 0 Å². The van der Waals surface area contributed by atoms with Crippen molar-refractivity contribution in [1.29, 1.82) is 5.26 Å². The summed E-state index contributed by atoms with van der Waals surface area (Å²) in [7, 11) is 0. The second-order valence-electron chi connectivity index (χ2n) is 3.32. The van der Waals surface area contributed by atoms with E-state index >= 15 is 0 Å². The zero-order valence-electron chi connectivity index (χ0n) is 9.01. The summed E-state index contributed by atoms with van der Waals surface area (Å²) >= 11 is 0. The van der Waals surface area contributed by atoms with Gasteiger partial charge >= 0.3 is 5.97 Å². The van der Waals surface area contributed by atoms with Gasteiger partial charge in [0, 0.05) is 0 Å². The van der Waals surface area contributed by atoms with E-state index in [-0.39, 0.29) is 13.0 Å². The van der Waals surface area contributed by atoms with Crippen molar-refractivity contribution in [1.82, 2.24) is 0 Å². The topological polar surface area (TPSA) is 70.3 Å². The summed E-state index contributed by atoms with van der Waals surface area (Å²) in [6, 6.07) is 10.1. The molecule has 1 unspecified atom stereocenters. The molecule has 0 aliphatic heterocycles. The fourth-order valence-corrected chi connectivity index (χ4v) is 1.34. The molecule has 0 saturated carbocycles. The lowest BCUT2D eigenvalue weighted by Crippen LogP contribution is -2.28. The van der Waals surface area contributed by atoms with Crippen LogP contribution in [-0.2, 0) is 15.1 Å². The predicted molar refractivity (Wildman–Crippen MR) is 57.2 cm³/mol. The van der Waals surface area contributed by atoms with E-state index in [1.54, 1.807) is 43.3 Å². The Balaban J connectivity index is 2.88. The first-order chi connectivity index (χ1) is 7.62. The summed E-state index contributed by atoms with van der Waals surface area (Å²) in [5, 5.41) is 19.0. The van der Waals surface area contributed by atoms with E-state index in [4.69, 9.17) is 10.00 Å². The van der Waals surface area contributed by atoms with Crippen molar-refractivity contribution in [3.05, 3.63) is 35.9 Å². The molecule has 84 valence electrons. The molecule has 4 heteroatoms. The standard InChI is InChI=1S/C12H13NO3/c1-2-16-11(14)8-12(15,9-13)10-6-4-3-5-7-10/h3-7,15H,2,8H2,1H3. The summed E-state index contributed by atoms with van der Waals surface area (Å²) in [5.41, 5.74) is -1.42. The van der Waals surface area contributed by atoms with Crippen molar-refractivity contribution in [3.63, 3.8) is 0 Å². The zero-order chi connectivity index (χ0) is 12.0. The van der Waals surface area contributed by atoms with Gasteiger partial charge in [0.25, 0.3) is 0 Å². The van der Waals surface area contributed by atoms with Crippen LogP contribution in [-0.4, -0.2) is 17.7 Å². The van der Waals surface area contributed by atoms with Gasteiger partial charge in [-0.05, 0) is 12.5 Å². The highest BCUT2D eigenvalue weighted by molar-refractivity contribution is 5.71. The Morgan fingerprint density at radius 1 is 1.50 bits per heavy atom. The number of hydrogen-bond acceptors (Lipinski definition) is 4. The number of nitriles is 1. The number of benzene rings is 1. The van der Waals surface area contributed by atoms with Crippen LogP contribution in [0.15, 0.2) is 30.3 Å². The Kier molecular flexibility index (Phi) is 4.03. The predicted octanol–water partition coefficient (Wildman–Crippen LogP) is 1.35. The smallest absolute Gasteiger partial charge is 0.310 e. The second kappa shape index (κ2) is 5.29. The van der Waals surface area contributed by atoms with Crippen LogP contribution in [0.25, 0.3) is 0 Å². The maximum atomic E-state index is 11.3. The molecular weight excluding hydrogens is 206 g/mol. The minimum Gasteiger partial charge on any atom is -0.466 e. The van der Waals surface area contributed by atoms with Gasteiger partial charge in [0.15, 0.2) is 5.60 Å². The molecule has 0 saturated heterocycles. The van der Waals surface area contributed by atoms with E-state index < -0.39 is 11.6 Å². The molecule has 0 aliphatic rings. The van der Waals surface area contributed by atoms with Crippen LogP contribution in [0.5, 0.6) is 0 Å². The van der Waals surface area contributed by atoms with Gasteiger partial charge in [-0.2, -0.15) is 5.26 Å². The molecule has 1 rings (SSSR count). The number of aliphatic hydroxyl groups is 1. The highest BCUT2D eigenvalue weighted by Crippen LogP contribution is 2.24. The van der Waals surface area contributed by atoms with Gasteiger partial charge in [0.05, 0.1) is 13.0 Å². The molecular formula is C12H13NO3. The van der Waals surface area contributed by atoms with Crippen molar-refractivity contribution in [3.8, 4) is 6.07 Å². The van der Waals surface area contributed by atoms with E-state index in [0.717, 1.165) is 0 Å². The number of ether oxygens (including phenoxy) is 1. The molecule has 0 bridgehead atoms. The molecule has 1 aromatic carbocycles. The lowest BCUT2D eigenvalue weighted by molar-refractivity contribution is -0.147. The van der Waals surface area contributed by atoms with Crippen LogP contribution in [0, 0.1) is 11.3 Å². The maximum absolute atomic E-state index is 11.3. The number of carbonyl (C=O) groups excluding carboxylic acids is 1. The first-order valence-corrected chi connectivity index (χ1v) is 4.97. The summed E-state index contributed by atoms with van der Waals surface area (Å²) in [6.07, 6.45) is -0.360. The summed E-state index contributed by atoms with van der Waals surface area (Å²) in [4.78, 5) is 11.3. The highest BCUT2D eigenvalue weighted by Gasteiger charge is 2.32. The summed E-state index contributed by atoms with van der Waals surface area (Å²) in [6.45, 7) is 1.90. The molecule has 1 aromatic rings. The second-order valence-corrected chi connectivity index (χ2v) is 3.32. The van der Waals surface area contributed by atoms with Crippen molar-refractivity contribution in [2.24, 2.45) is 0 Å². The Hall–Kier alpha value is -1.86. The normalized spacial score (nSPS) is 13.6. The number of nitrogens with zero attached hydrogens (tertiary/aromatic N) is 1.